The van der Waals surface area contributed by atoms with Crippen LogP contribution in [0.25, 0.3) is 0 Å². The van der Waals surface area contributed by atoms with Crippen LogP contribution in [0, 0.1) is 0 Å². The average molecular weight is 314 g/mol. The summed E-state index contributed by atoms with van der Waals surface area (Å²) >= 11 is 6.09. The third-order valence-electron chi connectivity index (χ3n) is 3.37. The molecule has 1 aromatic rings. The number of hydrogen-bond donors (Lipinski definition) is 2. The molecular weight excluding hydrogens is 294 g/mol. The standard InChI is InChI=1S/C13H20ClN5O2/c1-18(2)5-6-19-13(21)12(14)10(8-16-19)15-7-9-3-4-11(20)17-9/h8-9,15H,3-7H2,1-2H3,(H,17,20). The zero-order valence-electron chi connectivity index (χ0n) is 12.2. The molecule has 116 valence electrons. The van der Waals surface area contributed by atoms with Gasteiger partial charge in [0.2, 0.25) is 5.91 Å². The van der Waals surface area contributed by atoms with Gasteiger partial charge in [-0.05, 0) is 20.5 Å². The van der Waals surface area contributed by atoms with E-state index in [1.54, 1.807) is 6.20 Å². The summed E-state index contributed by atoms with van der Waals surface area (Å²) in [5.74, 6) is 0.0603. The van der Waals surface area contributed by atoms with Crippen LogP contribution in [-0.4, -0.2) is 53.8 Å². The average Bonchev–Trinajstić information content (AvgIpc) is 2.85. The number of rotatable bonds is 6. The van der Waals surface area contributed by atoms with Gasteiger partial charge in [-0.2, -0.15) is 5.10 Å². The Hall–Kier alpha value is -1.60. The van der Waals surface area contributed by atoms with Crippen molar-refractivity contribution in [1.82, 2.24) is 20.0 Å². The number of nitrogens with zero attached hydrogens (tertiary/aromatic N) is 3. The van der Waals surface area contributed by atoms with Crippen molar-refractivity contribution < 1.29 is 4.79 Å². The van der Waals surface area contributed by atoms with E-state index in [0.29, 0.717) is 31.7 Å². The highest BCUT2D eigenvalue weighted by atomic mass is 35.5. The van der Waals surface area contributed by atoms with Crippen molar-refractivity contribution in [2.45, 2.75) is 25.4 Å². The van der Waals surface area contributed by atoms with Crippen molar-refractivity contribution in [2.24, 2.45) is 0 Å². The van der Waals surface area contributed by atoms with E-state index in [2.05, 4.69) is 15.7 Å². The number of carbonyl (C=O) groups excluding carboxylic acids is 1. The Bertz CT molecular complexity index is 572. The SMILES string of the molecule is CN(C)CCn1ncc(NCC2CCC(=O)N2)c(Cl)c1=O. The molecule has 1 aliphatic rings. The second kappa shape index (κ2) is 6.91. The Balaban J connectivity index is 1.99. The van der Waals surface area contributed by atoms with E-state index >= 15 is 0 Å². The largest absolute Gasteiger partial charge is 0.380 e. The molecule has 0 saturated carbocycles. The minimum absolute atomic E-state index is 0.0603. The van der Waals surface area contributed by atoms with Crippen LogP contribution in [0.5, 0.6) is 0 Å². The van der Waals surface area contributed by atoms with Crippen LogP contribution in [0.2, 0.25) is 5.02 Å². The maximum atomic E-state index is 12.1. The first-order chi connectivity index (χ1) is 9.97. The summed E-state index contributed by atoms with van der Waals surface area (Å²) in [6.45, 7) is 1.74. The Kier molecular flexibility index (Phi) is 5.19. The first-order valence-electron chi connectivity index (χ1n) is 6.91. The zero-order valence-corrected chi connectivity index (χ0v) is 13.0. The molecule has 21 heavy (non-hydrogen) atoms. The Morgan fingerprint density at radius 1 is 1.52 bits per heavy atom. The molecule has 1 atom stereocenters. The quantitative estimate of drug-likeness (QED) is 0.781. The van der Waals surface area contributed by atoms with Crippen LogP contribution in [-0.2, 0) is 11.3 Å². The van der Waals surface area contributed by atoms with E-state index in [1.807, 2.05) is 19.0 Å². The van der Waals surface area contributed by atoms with Gasteiger partial charge >= 0.3 is 0 Å². The summed E-state index contributed by atoms with van der Waals surface area (Å²) < 4.78 is 1.35. The van der Waals surface area contributed by atoms with Crippen molar-refractivity contribution in [1.29, 1.82) is 0 Å². The van der Waals surface area contributed by atoms with Crippen molar-refractivity contribution in [3.05, 3.63) is 21.6 Å². The molecular formula is C13H20ClN5O2. The lowest BCUT2D eigenvalue weighted by Gasteiger charge is -2.14. The monoisotopic (exact) mass is 313 g/mol. The number of aromatic nitrogens is 2. The lowest BCUT2D eigenvalue weighted by atomic mass is 10.2. The second-order valence-electron chi connectivity index (χ2n) is 5.39. The third kappa shape index (κ3) is 4.18. The van der Waals surface area contributed by atoms with Crippen LogP contribution >= 0.6 is 11.6 Å². The normalized spacial score (nSPS) is 18.1. The maximum Gasteiger partial charge on any atom is 0.287 e. The molecule has 0 bridgehead atoms. The molecule has 1 amide bonds. The molecule has 2 rings (SSSR count). The topological polar surface area (TPSA) is 79.3 Å². The van der Waals surface area contributed by atoms with Crippen LogP contribution in [0.1, 0.15) is 12.8 Å². The highest BCUT2D eigenvalue weighted by molar-refractivity contribution is 6.32. The molecule has 1 aliphatic heterocycles. The lowest BCUT2D eigenvalue weighted by Crippen LogP contribution is -2.33. The minimum atomic E-state index is -0.307. The van der Waals surface area contributed by atoms with Crippen LogP contribution in [0.4, 0.5) is 5.69 Å². The minimum Gasteiger partial charge on any atom is -0.380 e. The van der Waals surface area contributed by atoms with Gasteiger partial charge in [0.25, 0.3) is 5.56 Å². The number of halogens is 1. The van der Waals surface area contributed by atoms with E-state index in [-0.39, 0.29) is 22.5 Å². The van der Waals surface area contributed by atoms with E-state index < -0.39 is 0 Å². The number of carbonyl (C=O) groups is 1. The Morgan fingerprint density at radius 3 is 2.90 bits per heavy atom. The van der Waals surface area contributed by atoms with E-state index in [4.69, 9.17) is 11.6 Å². The summed E-state index contributed by atoms with van der Waals surface area (Å²) in [6.07, 6.45) is 2.89. The smallest absolute Gasteiger partial charge is 0.287 e. The van der Waals surface area contributed by atoms with E-state index in [9.17, 15) is 9.59 Å². The predicted octanol–water partition coefficient (Wildman–Crippen LogP) is 0.149. The number of nitrogens with one attached hydrogen (secondary N) is 2. The fourth-order valence-corrected chi connectivity index (χ4v) is 2.32. The van der Waals surface area contributed by atoms with E-state index in [1.165, 1.54) is 4.68 Å². The molecule has 7 nitrogen and oxygen atoms in total. The Morgan fingerprint density at radius 2 is 2.29 bits per heavy atom. The molecule has 0 aromatic carbocycles. The molecule has 8 heteroatoms. The summed E-state index contributed by atoms with van der Waals surface area (Å²) in [6, 6.07) is 0.0738. The fourth-order valence-electron chi connectivity index (χ4n) is 2.11. The summed E-state index contributed by atoms with van der Waals surface area (Å²) in [7, 11) is 3.86. The highest BCUT2D eigenvalue weighted by Gasteiger charge is 2.20. The molecule has 2 N–H and O–H groups in total. The Labute approximate surface area is 128 Å². The van der Waals surface area contributed by atoms with E-state index in [0.717, 1.165) is 6.42 Å². The number of anilines is 1. The molecule has 0 radical (unpaired) electrons. The van der Waals surface area contributed by atoms with Crippen molar-refractivity contribution in [2.75, 3.05) is 32.5 Å². The second-order valence-corrected chi connectivity index (χ2v) is 5.77. The summed E-state index contributed by atoms with van der Waals surface area (Å²) in [4.78, 5) is 25.2. The van der Waals surface area contributed by atoms with Gasteiger partial charge in [-0.25, -0.2) is 4.68 Å². The first kappa shape index (κ1) is 15.8. The first-order valence-corrected chi connectivity index (χ1v) is 7.28. The molecule has 1 saturated heterocycles. The van der Waals surface area contributed by atoms with Crippen LogP contribution in [0.15, 0.2) is 11.0 Å². The molecule has 1 aromatic heterocycles. The summed E-state index contributed by atoms with van der Waals surface area (Å²) in [5.41, 5.74) is 0.197. The third-order valence-corrected chi connectivity index (χ3v) is 3.73. The summed E-state index contributed by atoms with van der Waals surface area (Å²) in [5, 5.41) is 10.2. The number of amides is 1. The predicted molar refractivity (Wildman–Crippen MR) is 81.7 cm³/mol. The van der Waals surface area contributed by atoms with Gasteiger partial charge in [-0.3, -0.25) is 9.59 Å². The zero-order chi connectivity index (χ0) is 15.4. The van der Waals surface area contributed by atoms with Gasteiger partial charge < -0.3 is 15.5 Å². The van der Waals surface area contributed by atoms with Gasteiger partial charge in [0, 0.05) is 25.6 Å². The van der Waals surface area contributed by atoms with Crippen LogP contribution < -0.4 is 16.2 Å². The number of likely N-dealkylation sites (N-methyl/N-ethyl adjacent to an activating group) is 1. The molecule has 2 heterocycles. The van der Waals surface area contributed by atoms with Gasteiger partial charge in [-0.15, -0.1) is 0 Å². The number of hydrogen-bond acceptors (Lipinski definition) is 5. The fraction of sp³-hybridized carbons (Fsp3) is 0.615. The van der Waals surface area contributed by atoms with Gasteiger partial charge in [0.15, 0.2) is 0 Å². The van der Waals surface area contributed by atoms with Gasteiger partial charge in [0.1, 0.15) is 5.02 Å². The maximum absolute atomic E-state index is 12.1. The van der Waals surface area contributed by atoms with Crippen molar-refractivity contribution in [3.8, 4) is 0 Å². The van der Waals surface area contributed by atoms with Crippen LogP contribution in [0.3, 0.4) is 0 Å². The van der Waals surface area contributed by atoms with Crippen molar-refractivity contribution in [3.63, 3.8) is 0 Å². The molecule has 1 unspecified atom stereocenters. The lowest BCUT2D eigenvalue weighted by molar-refractivity contribution is -0.119. The van der Waals surface area contributed by atoms with Gasteiger partial charge in [-0.1, -0.05) is 11.6 Å². The van der Waals surface area contributed by atoms with Crippen molar-refractivity contribution >= 4 is 23.2 Å². The molecule has 0 spiro atoms. The highest BCUT2D eigenvalue weighted by Crippen LogP contribution is 2.16. The van der Waals surface area contributed by atoms with Gasteiger partial charge in [0.05, 0.1) is 18.4 Å². The molecule has 1 fully saturated rings. The molecule has 0 aliphatic carbocycles.